The van der Waals surface area contributed by atoms with Crippen LogP contribution in [0.4, 0.5) is 11.4 Å². The first kappa shape index (κ1) is 27.4. The second-order valence-corrected chi connectivity index (χ2v) is 11.6. The normalized spacial score (nSPS) is 17.7. The number of carbonyl (C=O) groups is 1. The van der Waals surface area contributed by atoms with Crippen molar-refractivity contribution in [2.75, 3.05) is 30.5 Å². The summed E-state index contributed by atoms with van der Waals surface area (Å²) in [6.07, 6.45) is 6.98. The van der Waals surface area contributed by atoms with Gasteiger partial charge in [0.25, 0.3) is 0 Å². The number of halogens is 1. The lowest BCUT2D eigenvalue weighted by atomic mass is 9.86. The van der Waals surface area contributed by atoms with Crippen LogP contribution in [0, 0.1) is 5.92 Å². The van der Waals surface area contributed by atoms with Crippen molar-refractivity contribution in [2.24, 2.45) is 5.92 Å². The zero-order chi connectivity index (χ0) is 27.5. The van der Waals surface area contributed by atoms with Crippen LogP contribution in [0.1, 0.15) is 68.7 Å². The summed E-state index contributed by atoms with van der Waals surface area (Å²) in [4.78, 5) is 18.0. The highest BCUT2D eigenvalue weighted by molar-refractivity contribution is 6.30. The Labute approximate surface area is 237 Å². The van der Waals surface area contributed by atoms with Crippen molar-refractivity contribution < 1.29 is 14.3 Å². The number of carbonyl (C=O) groups excluding carboxylic acids is 1. The van der Waals surface area contributed by atoms with E-state index in [9.17, 15) is 4.79 Å². The molecule has 0 N–H and O–H groups in total. The maximum absolute atomic E-state index is 13.8. The van der Waals surface area contributed by atoms with Gasteiger partial charge in [0.2, 0.25) is 5.91 Å². The monoisotopic (exact) mass is 546 g/mol. The number of hydrogen-bond acceptors (Lipinski definition) is 4. The van der Waals surface area contributed by atoms with Gasteiger partial charge in [-0.3, -0.25) is 4.79 Å². The van der Waals surface area contributed by atoms with E-state index in [1.165, 1.54) is 37.8 Å². The minimum Gasteiger partial charge on any atom is -0.493 e. The van der Waals surface area contributed by atoms with E-state index in [1.54, 1.807) is 7.11 Å². The lowest BCUT2D eigenvalue weighted by molar-refractivity contribution is -0.118. The molecule has 1 heterocycles. The van der Waals surface area contributed by atoms with Crippen LogP contribution in [-0.2, 0) is 11.2 Å². The van der Waals surface area contributed by atoms with Gasteiger partial charge in [-0.2, -0.15) is 0 Å². The summed E-state index contributed by atoms with van der Waals surface area (Å²) in [5, 5.41) is 0.663. The van der Waals surface area contributed by atoms with Crippen molar-refractivity contribution in [3.8, 4) is 11.5 Å². The molecule has 6 heteroatoms. The van der Waals surface area contributed by atoms with Crippen molar-refractivity contribution in [1.29, 1.82) is 0 Å². The maximum Gasteiger partial charge on any atom is 0.232 e. The zero-order valence-electron chi connectivity index (χ0n) is 23.5. The quantitative estimate of drug-likeness (QED) is 0.289. The average molecular weight is 547 g/mol. The summed E-state index contributed by atoms with van der Waals surface area (Å²) >= 11 is 6.25. The molecule has 0 bridgehead atoms. The van der Waals surface area contributed by atoms with Gasteiger partial charge in [-0.25, -0.2) is 0 Å². The predicted octanol–water partition coefficient (Wildman–Crippen LogP) is 7.83. The molecule has 3 aromatic carbocycles. The van der Waals surface area contributed by atoms with Crippen molar-refractivity contribution in [3.05, 3.63) is 82.4 Å². The molecule has 0 saturated heterocycles. The molecule has 1 atom stereocenters. The molecule has 5 rings (SSSR count). The Balaban J connectivity index is 1.51. The molecule has 1 aliphatic heterocycles. The molecule has 206 valence electrons. The molecule has 0 spiro atoms. The van der Waals surface area contributed by atoms with E-state index in [4.69, 9.17) is 21.1 Å². The Morgan fingerprint density at radius 3 is 2.31 bits per heavy atom. The number of ether oxygens (including phenoxy) is 2. The van der Waals surface area contributed by atoms with Crippen LogP contribution in [0.3, 0.4) is 0 Å². The summed E-state index contributed by atoms with van der Waals surface area (Å²) < 4.78 is 11.8. The molecule has 1 saturated carbocycles. The van der Waals surface area contributed by atoms with E-state index in [2.05, 4.69) is 36.2 Å². The first-order valence-electron chi connectivity index (χ1n) is 14.1. The van der Waals surface area contributed by atoms with E-state index in [0.29, 0.717) is 22.9 Å². The van der Waals surface area contributed by atoms with Gasteiger partial charge < -0.3 is 19.3 Å². The summed E-state index contributed by atoms with van der Waals surface area (Å²) in [6.45, 7) is 5.07. The van der Waals surface area contributed by atoms with Gasteiger partial charge in [0, 0.05) is 30.0 Å². The standard InChI is InChI=1S/C33H39ClN2O3/c1-22(2)39-31-20-29-25(18-30(31)38-4)19-32(37)36(33(29)24-10-12-26(34)13-11-24)28-16-14-27(15-17-28)35(3)21-23-8-6-5-7-9-23/h10-18,20,22-23,33H,5-9,19,21H2,1-4H3/t33-/m0/s1. The number of nitrogens with zero attached hydrogens (tertiary/aromatic N) is 2. The average Bonchev–Trinajstić information content (AvgIpc) is 2.93. The Morgan fingerprint density at radius 1 is 0.974 bits per heavy atom. The summed E-state index contributed by atoms with van der Waals surface area (Å²) in [5.74, 6) is 2.13. The van der Waals surface area contributed by atoms with Crippen LogP contribution in [0.25, 0.3) is 0 Å². The SMILES string of the molecule is COc1cc2c(cc1OC(C)C)[C@H](c1ccc(Cl)cc1)N(c1ccc(N(C)CC3CCCCC3)cc1)C(=O)C2. The second-order valence-electron chi connectivity index (χ2n) is 11.2. The van der Waals surface area contributed by atoms with Crippen LogP contribution in [0.2, 0.25) is 5.02 Å². The third-order valence-electron chi connectivity index (χ3n) is 7.96. The van der Waals surface area contributed by atoms with Gasteiger partial charge in [-0.05, 0) is 97.8 Å². The van der Waals surface area contributed by atoms with E-state index in [-0.39, 0.29) is 18.1 Å². The largest absolute Gasteiger partial charge is 0.493 e. The van der Waals surface area contributed by atoms with Gasteiger partial charge in [0.05, 0.1) is 25.7 Å². The van der Waals surface area contributed by atoms with Crippen molar-refractivity contribution >= 4 is 28.9 Å². The molecular weight excluding hydrogens is 508 g/mol. The van der Waals surface area contributed by atoms with Gasteiger partial charge in [0.1, 0.15) is 0 Å². The Morgan fingerprint density at radius 2 is 1.67 bits per heavy atom. The first-order valence-corrected chi connectivity index (χ1v) is 14.5. The summed E-state index contributed by atoms with van der Waals surface area (Å²) in [6, 6.07) is 19.9. The minimum atomic E-state index is -0.315. The molecule has 0 aromatic heterocycles. The summed E-state index contributed by atoms with van der Waals surface area (Å²) in [7, 11) is 3.81. The molecule has 39 heavy (non-hydrogen) atoms. The van der Waals surface area contributed by atoms with Crippen molar-refractivity contribution in [2.45, 2.75) is 64.5 Å². The zero-order valence-corrected chi connectivity index (χ0v) is 24.2. The van der Waals surface area contributed by atoms with Crippen LogP contribution in [0.5, 0.6) is 11.5 Å². The molecule has 5 nitrogen and oxygen atoms in total. The molecule has 1 fully saturated rings. The number of methoxy groups -OCH3 is 1. The fourth-order valence-electron chi connectivity index (χ4n) is 6.06. The van der Waals surface area contributed by atoms with Gasteiger partial charge >= 0.3 is 0 Å². The Bertz CT molecular complexity index is 1280. The summed E-state index contributed by atoms with van der Waals surface area (Å²) in [5.41, 5.74) is 5.03. The fourth-order valence-corrected chi connectivity index (χ4v) is 6.19. The molecule has 2 aliphatic rings. The topological polar surface area (TPSA) is 42.0 Å². The first-order chi connectivity index (χ1) is 18.8. The maximum atomic E-state index is 13.8. The van der Waals surface area contributed by atoms with Crippen LogP contribution in [-0.4, -0.2) is 32.7 Å². The third-order valence-corrected chi connectivity index (χ3v) is 8.21. The smallest absolute Gasteiger partial charge is 0.232 e. The van der Waals surface area contributed by atoms with Crippen molar-refractivity contribution in [1.82, 2.24) is 0 Å². The third kappa shape index (κ3) is 6.04. The predicted molar refractivity (Wildman–Crippen MR) is 160 cm³/mol. The number of fused-ring (bicyclic) bond motifs is 1. The highest BCUT2D eigenvalue weighted by Crippen LogP contribution is 2.44. The van der Waals surface area contributed by atoms with E-state index in [1.807, 2.05) is 55.1 Å². The number of anilines is 2. The number of amides is 1. The minimum absolute atomic E-state index is 0.00889. The molecule has 1 amide bonds. The molecule has 3 aromatic rings. The number of rotatable bonds is 8. The molecule has 1 aliphatic carbocycles. The second kappa shape index (κ2) is 11.9. The van der Waals surface area contributed by atoms with E-state index < -0.39 is 0 Å². The fraction of sp³-hybridized carbons (Fsp3) is 0.424. The van der Waals surface area contributed by atoms with E-state index in [0.717, 1.165) is 34.8 Å². The van der Waals surface area contributed by atoms with Crippen LogP contribution < -0.4 is 19.3 Å². The van der Waals surface area contributed by atoms with Gasteiger partial charge in [-0.1, -0.05) is 43.0 Å². The van der Waals surface area contributed by atoms with Crippen molar-refractivity contribution in [3.63, 3.8) is 0 Å². The lowest BCUT2D eigenvalue weighted by Crippen LogP contribution is -2.41. The lowest BCUT2D eigenvalue weighted by Gasteiger charge is -2.38. The molecular formula is C33H39ClN2O3. The van der Waals surface area contributed by atoms with Crippen LogP contribution in [0.15, 0.2) is 60.7 Å². The highest BCUT2D eigenvalue weighted by Gasteiger charge is 2.36. The van der Waals surface area contributed by atoms with Gasteiger partial charge in [0.15, 0.2) is 11.5 Å². The molecule has 0 radical (unpaired) electrons. The van der Waals surface area contributed by atoms with Crippen LogP contribution >= 0.6 is 11.6 Å². The Hall–Kier alpha value is -3.18. The van der Waals surface area contributed by atoms with E-state index >= 15 is 0 Å². The molecule has 0 unspecified atom stereocenters. The van der Waals surface area contributed by atoms with Gasteiger partial charge in [-0.15, -0.1) is 0 Å². The number of benzene rings is 3. The number of hydrogen-bond donors (Lipinski definition) is 0. The highest BCUT2D eigenvalue weighted by atomic mass is 35.5. The Kier molecular flexibility index (Phi) is 8.37.